The lowest BCUT2D eigenvalue weighted by molar-refractivity contribution is 0.0724. The third-order valence-corrected chi connectivity index (χ3v) is 7.93. The Morgan fingerprint density at radius 1 is 1.32 bits per heavy atom. The first kappa shape index (κ1) is 21.8. The Morgan fingerprint density at radius 3 is 2.74 bits per heavy atom. The van der Waals surface area contributed by atoms with Crippen LogP contribution in [0.2, 0.25) is 5.02 Å². The lowest BCUT2D eigenvalue weighted by Crippen LogP contribution is -2.34. The molecule has 0 spiro atoms. The summed E-state index contributed by atoms with van der Waals surface area (Å²) in [7, 11) is -2.95. The second-order valence-corrected chi connectivity index (χ2v) is 10.8. The molecule has 31 heavy (non-hydrogen) atoms. The molecule has 3 aromatic rings. The van der Waals surface area contributed by atoms with Gasteiger partial charge in [0.15, 0.2) is 0 Å². The van der Waals surface area contributed by atoms with Crippen molar-refractivity contribution in [1.29, 1.82) is 0 Å². The second kappa shape index (κ2) is 8.63. The number of sulfone groups is 1. The number of nitrogens with one attached hydrogen (secondary N) is 2. The van der Waals surface area contributed by atoms with E-state index in [1.807, 2.05) is 0 Å². The van der Waals surface area contributed by atoms with Crippen LogP contribution in [0.25, 0.3) is 10.9 Å². The first-order valence-corrected chi connectivity index (χ1v) is 12.4. The van der Waals surface area contributed by atoms with Gasteiger partial charge in [0.25, 0.3) is 5.91 Å². The number of rotatable bonds is 6. The predicted molar refractivity (Wildman–Crippen MR) is 117 cm³/mol. The third-order valence-electron chi connectivity index (χ3n) is 5.90. The molecule has 2 N–H and O–H groups in total. The average molecular weight is 467 g/mol. The number of aromatic nitrogens is 3. The van der Waals surface area contributed by atoms with Crippen molar-refractivity contribution in [2.75, 3.05) is 18.1 Å². The number of benzene rings is 1. The van der Waals surface area contributed by atoms with Crippen LogP contribution in [0.3, 0.4) is 0 Å². The maximum atomic E-state index is 14.7. The zero-order valence-corrected chi connectivity index (χ0v) is 18.7. The lowest BCUT2D eigenvalue weighted by atomic mass is 9.98. The number of amides is 1. The molecular weight excluding hydrogens is 443 g/mol. The molecule has 1 amide bonds. The highest BCUT2D eigenvalue weighted by molar-refractivity contribution is 7.91. The van der Waals surface area contributed by atoms with E-state index in [1.165, 1.54) is 6.07 Å². The number of carbonyl (C=O) groups is 1. The van der Waals surface area contributed by atoms with Gasteiger partial charge in [-0.3, -0.25) is 9.89 Å². The Bertz CT molecular complexity index is 1210. The van der Waals surface area contributed by atoms with E-state index in [0.29, 0.717) is 47.3 Å². The molecule has 166 valence electrons. The Morgan fingerprint density at radius 2 is 2.06 bits per heavy atom. The molecule has 3 heterocycles. The molecule has 1 aromatic carbocycles. The van der Waals surface area contributed by atoms with Crippen LogP contribution >= 0.6 is 11.6 Å². The van der Waals surface area contributed by atoms with Crippen LogP contribution in [-0.4, -0.2) is 52.5 Å². The molecule has 4 rings (SSSR count). The van der Waals surface area contributed by atoms with Gasteiger partial charge in [0.05, 0.1) is 28.6 Å². The van der Waals surface area contributed by atoms with Crippen molar-refractivity contribution < 1.29 is 17.6 Å². The average Bonchev–Trinajstić information content (AvgIpc) is 3.33. The van der Waals surface area contributed by atoms with E-state index in [2.05, 4.69) is 15.2 Å². The minimum Gasteiger partial charge on any atom is -0.359 e. The summed E-state index contributed by atoms with van der Waals surface area (Å²) in [5.41, 5.74) is 1.94. The summed E-state index contributed by atoms with van der Waals surface area (Å²) in [5.74, 6) is -0.161. The van der Waals surface area contributed by atoms with Crippen molar-refractivity contribution in [3.63, 3.8) is 0 Å². The molecule has 1 aliphatic rings. The summed E-state index contributed by atoms with van der Waals surface area (Å²) in [4.78, 5) is 17.8. The van der Waals surface area contributed by atoms with Crippen LogP contribution in [0, 0.1) is 18.7 Å². The Kier molecular flexibility index (Phi) is 6.07. The van der Waals surface area contributed by atoms with Crippen molar-refractivity contribution >= 4 is 38.2 Å². The van der Waals surface area contributed by atoms with Crippen molar-refractivity contribution in [3.05, 3.63) is 52.2 Å². The summed E-state index contributed by atoms with van der Waals surface area (Å²) >= 11 is 6.18. The van der Waals surface area contributed by atoms with Gasteiger partial charge in [-0.05, 0) is 50.3 Å². The molecule has 7 nitrogen and oxygen atoms in total. The molecule has 0 radical (unpaired) electrons. The molecule has 2 aromatic heterocycles. The summed E-state index contributed by atoms with van der Waals surface area (Å²) in [6, 6.07) is 4.62. The monoisotopic (exact) mass is 466 g/mol. The smallest absolute Gasteiger partial charge is 0.274 e. The number of halogens is 2. The first-order chi connectivity index (χ1) is 14.7. The molecule has 0 bridgehead atoms. The Labute approximate surface area is 184 Å². The van der Waals surface area contributed by atoms with E-state index in [-0.39, 0.29) is 35.6 Å². The number of carbonyl (C=O) groups excluding carboxylic acids is 1. The number of hydrogen-bond acceptors (Lipinski definition) is 4. The highest BCUT2D eigenvalue weighted by atomic mass is 35.5. The third kappa shape index (κ3) is 4.77. The molecule has 1 aliphatic heterocycles. The zero-order valence-electron chi connectivity index (χ0n) is 17.1. The van der Waals surface area contributed by atoms with Crippen LogP contribution in [0.1, 0.15) is 41.0 Å². The molecule has 0 unspecified atom stereocenters. The van der Waals surface area contributed by atoms with Gasteiger partial charge >= 0.3 is 0 Å². The van der Waals surface area contributed by atoms with Crippen molar-refractivity contribution in [3.8, 4) is 0 Å². The summed E-state index contributed by atoms with van der Waals surface area (Å²) < 4.78 is 38.2. The SMILES string of the molecule is Cc1cc(C(=O)N(CCC2CCS(=O)(=O)CC2)Cc2c(F)ccc3c(Cl)c[nH]c23)n[nH]1. The van der Waals surface area contributed by atoms with Gasteiger partial charge in [-0.25, -0.2) is 12.8 Å². The van der Waals surface area contributed by atoms with Gasteiger partial charge in [-0.2, -0.15) is 5.10 Å². The number of nitrogens with zero attached hydrogens (tertiary/aromatic N) is 2. The van der Waals surface area contributed by atoms with Crippen LogP contribution in [-0.2, 0) is 16.4 Å². The van der Waals surface area contributed by atoms with Crippen molar-refractivity contribution in [1.82, 2.24) is 20.1 Å². The van der Waals surface area contributed by atoms with E-state index in [0.717, 1.165) is 5.69 Å². The molecule has 0 aliphatic carbocycles. The Hall–Kier alpha value is -2.39. The van der Waals surface area contributed by atoms with Crippen molar-refractivity contribution in [2.24, 2.45) is 5.92 Å². The topological polar surface area (TPSA) is 98.9 Å². The van der Waals surface area contributed by atoms with E-state index < -0.39 is 15.7 Å². The van der Waals surface area contributed by atoms with Gasteiger partial charge in [-0.15, -0.1) is 0 Å². The molecule has 0 saturated carbocycles. The maximum Gasteiger partial charge on any atom is 0.274 e. The van der Waals surface area contributed by atoms with E-state index in [9.17, 15) is 17.6 Å². The van der Waals surface area contributed by atoms with E-state index >= 15 is 0 Å². The number of aromatic amines is 2. The maximum absolute atomic E-state index is 14.7. The highest BCUT2D eigenvalue weighted by Gasteiger charge is 2.26. The Balaban J connectivity index is 1.58. The second-order valence-electron chi connectivity index (χ2n) is 8.13. The highest BCUT2D eigenvalue weighted by Crippen LogP contribution is 2.29. The van der Waals surface area contributed by atoms with Gasteiger partial charge in [-0.1, -0.05) is 11.6 Å². The van der Waals surface area contributed by atoms with Crippen LogP contribution in [0.15, 0.2) is 24.4 Å². The van der Waals surface area contributed by atoms with Gasteiger partial charge in [0.2, 0.25) is 0 Å². The summed E-state index contributed by atoms with van der Waals surface area (Å²) in [6.07, 6.45) is 3.42. The molecule has 1 fully saturated rings. The summed E-state index contributed by atoms with van der Waals surface area (Å²) in [6.45, 7) is 2.23. The normalized spacial score (nSPS) is 16.6. The molecule has 10 heteroatoms. The standard InChI is InChI=1S/C21H24ClFN4O3S/c1-13-10-19(26-25-13)21(28)27(7-4-14-5-8-31(29,30)9-6-14)12-16-18(23)3-2-15-17(22)11-24-20(15)16/h2-3,10-11,14,24H,4-9,12H2,1H3,(H,25,26). The largest absolute Gasteiger partial charge is 0.359 e. The number of hydrogen-bond donors (Lipinski definition) is 2. The van der Waals surface area contributed by atoms with Crippen LogP contribution in [0.4, 0.5) is 4.39 Å². The van der Waals surface area contributed by atoms with Crippen LogP contribution < -0.4 is 0 Å². The fraction of sp³-hybridized carbons (Fsp3) is 0.429. The minimum atomic E-state index is -2.95. The minimum absolute atomic E-state index is 0.0514. The number of H-pyrrole nitrogens is 2. The number of aryl methyl sites for hydroxylation is 1. The zero-order chi connectivity index (χ0) is 22.2. The molecular formula is C21H24ClFN4O3S. The van der Waals surface area contributed by atoms with Gasteiger partial charge in [0, 0.05) is 29.4 Å². The molecule has 0 atom stereocenters. The van der Waals surface area contributed by atoms with E-state index in [1.54, 1.807) is 30.2 Å². The van der Waals surface area contributed by atoms with Crippen LogP contribution in [0.5, 0.6) is 0 Å². The lowest BCUT2D eigenvalue weighted by Gasteiger charge is -2.27. The summed E-state index contributed by atoms with van der Waals surface area (Å²) in [5, 5.41) is 8.01. The first-order valence-electron chi connectivity index (χ1n) is 10.2. The number of fused-ring (bicyclic) bond motifs is 1. The van der Waals surface area contributed by atoms with Gasteiger partial charge < -0.3 is 9.88 Å². The van der Waals surface area contributed by atoms with E-state index in [4.69, 9.17) is 11.6 Å². The molecule has 1 saturated heterocycles. The van der Waals surface area contributed by atoms with Gasteiger partial charge in [0.1, 0.15) is 21.3 Å². The van der Waals surface area contributed by atoms with Crippen molar-refractivity contribution in [2.45, 2.75) is 32.7 Å². The quantitative estimate of drug-likeness (QED) is 0.576. The predicted octanol–water partition coefficient (Wildman–Crippen LogP) is 3.85. The fourth-order valence-electron chi connectivity index (χ4n) is 4.05. The fourth-order valence-corrected chi connectivity index (χ4v) is 5.85.